The van der Waals surface area contributed by atoms with E-state index >= 15 is 0 Å². The molecule has 0 aromatic rings. The molecule has 1 saturated heterocycles. The van der Waals surface area contributed by atoms with Gasteiger partial charge in [0.15, 0.2) is 0 Å². The summed E-state index contributed by atoms with van der Waals surface area (Å²) in [5, 5.41) is 0. The second-order valence-corrected chi connectivity index (χ2v) is 9.97. The van der Waals surface area contributed by atoms with E-state index in [9.17, 15) is 0 Å². The molecule has 2 aliphatic heterocycles. The molecule has 0 saturated carbocycles. The van der Waals surface area contributed by atoms with Crippen LogP contribution < -0.4 is 0 Å². The molecule has 0 spiro atoms. The summed E-state index contributed by atoms with van der Waals surface area (Å²) in [6, 6.07) is 2.05. The van der Waals surface area contributed by atoms with Crippen molar-refractivity contribution in [1.82, 2.24) is 9.80 Å². The highest BCUT2D eigenvalue weighted by Crippen LogP contribution is 2.44. The van der Waals surface area contributed by atoms with Gasteiger partial charge in [-0.25, -0.2) is 0 Å². The van der Waals surface area contributed by atoms with E-state index < -0.39 is 0 Å². The molecule has 0 aromatic heterocycles. The summed E-state index contributed by atoms with van der Waals surface area (Å²) in [6.07, 6.45) is 40.9. The van der Waals surface area contributed by atoms with Crippen LogP contribution in [0.25, 0.3) is 0 Å². The number of nitrogens with zero attached hydrogens (tertiary/aromatic N) is 2. The molecule has 7 atom stereocenters. The monoisotopic (exact) mass is 422 g/mol. The van der Waals surface area contributed by atoms with E-state index in [-0.39, 0.29) is 0 Å². The van der Waals surface area contributed by atoms with Crippen molar-refractivity contribution in [1.29, 1.82) is 0 Å². The Balaban J connectivity index is 1.14. The lowest BCUT2D eigenvalue weighted by Crippen LogP contribution is -2.43. The molecular weight excluding hydrogens is 388 g/mol. The molecule has 0 bridgehead atoms. The quantitative estimate of drug-likeness (QED) is 0.510. The molecule has 6 aliphatic rings. The van der Waals surface area contributed by atoms with Gasteiger partial charge >= 0.3 is 0 Å². The predicted octanol–water partition coefficient (Wildman–Crippen LogP) is 5.89. The standard InChI is InChI=1S/C30H34N2/c1-22(32-29-19-8-4-15-25(29)26-16-5-9-20-30(26)32)12-10-11-21-31-27-17-6-2-13-23(27)24-14-3-7-18-28(24)31/h2,4-11,13,15-20,22-23,25-27,29-30H,3,12,14,21H2,1H3/b11-10-. The van der Waals surface area contributed by atoms with E-state index in [2.05, 4.69) is 114 Å². The minimum atomic E-state index is 0.494. The third kappa shape index (κ3) is 3.28. The highest BCUT2D eigenvalue weighted by atomic mass is 15.2. The van der Waals surface area contributed by atoms with E-state index in [1.54, 1.807) is 5.57 Å². The lowest BCUT2D eigenvalue weighted by Gasteiger charge is -2.34. The van der Waals surface area contributed by atoms with Gasteiger partial charge in [0, 0.05) is 48.1 Å². The molecule has 0 N–H and O–H groups in total. The van der Waals surface area contributed by atoms with Gasteiger partial charge in [-0.15, -0.1) is 0 Å². The van der Waals surface area contributed by atoms with Gasteiger partial charge in [-0.3, -0.25) is 4.90 Å². The van der Waals surface area contributed by atoms with E-state index in [0.29, 0.717) is 41.9 Å². The van der Waals surface area contributed by atoms with Crippen molar-refractivity contribution in [3.05, 3.63) is 108 Å². The largest absolute Gasteiger partial charge is 0.360 e. The Morgan fingerprint density at radius 1 is 0.844 bits per heavy atom. The number of fused-ring (bicyclic) bond motifs is 5. The molecule has 4 aliphatic carbocycles. The minimum Gasteiger partial charge on any atom is -0.360 e. The number of allylic oxidation sites excluding steroid dienone is 8. The van der Waals surface area contributed by atoms with E-state index in [1.807, 2.05) is 0 Å². The summed E-state index contributed by atoms with van der Waals surface area (Å²) in [7, 11) is 0. The zero-order chi connectivity index (χ0) is 21.5. The third-order valence-corrected chi connectivity index (χ3v) is 8.24. The van der Waals surface area contributed by atoms with Gasteiger partial charge in [-0.2, -0.15) is 0 Å². The van der Waals surface area contributed by atoms with Crippen LogP contribution in [0.5, 0.6) is 0 Å². The highest BCUT2D eigenvalue weighted by Gasteiger charge is 2.46. The van der Waals surface area contributed by atoms with Gasteiger partial charge in [-0.1, -0.05) is 91.1 Å². The second-order valence-electron chi connectivity index (χ2n) is 9.97. The Morgan fingerprint density at radius 2 is 1.50 bits per heavy atom. The Morgan fingerprint density at radius 3 is 2.25 bits per heavy atom. The van der Waals surface area contributed by atoms with Crippen LogP contribution in [0.1, 0.15) is 26.2 Å². The molecule has 2 nitrogen and oxygen atoms in total. The zero-order valence-corrected chi connectivity index (χ0v) is 19.0. The van der Waals surface area contributed by atoms with E-state index in [0.717, 1.165) is 13.0 Å². The number of rotatable bonds is 5. The highest BCUT2D eigenvalue weighted by molar-refractivity contribution is 5.43. The van der Waals surface area contributed by atoms with Crippen molar-refractivity contribution < 1.29 is 0 Å². The maximum absolute atomic E-state index is 2.75. The molecule has 0 amide bonds. The molecule has 0 radical (unpaired) electrons. The smallest absolute Gasteiger partial charge is 0.0580 e. The van der Waals surface area contributed by atoms with Crippen LogP contribution in [0.4, 0.5) is 0 Å². The van der Waals surface area contributed by atoms with Gasteiger partial charge in [0.2, 0.25) is 0 Å². The number of likely N-dealkylation sites (tertiary alicyclic amines) is 1. The molecule has 164 valence electrons. The van der Waals surface area contributed by atoms with E-state index in [4.69, 9.17) is 0 Å². The van der Waals surface area contributed by atoms with Gasteiger partial charge in [0.1, 0.15) is 0 Å². The van der Waals surface area contributed by atoms with Crippen LogP contribution in [0.15, 0.2) is 108 Å². The summed E-state index contributed by atoms with van der Waals surface area (Å²) in [4.78, 5) is 5.37. The lowest BCUT2D eigenvalue weighted by molar-refractivity contribution is 0.174. The second kappa shape index (κ2) is 8.41. The lowest BCUT2D eigenvalue weighted by atomic mass is 9.83. The first kappa shape index (κ1) is 20.1. The molecule has 2 heterocycles. The van der Waals surface area contributed by atoms with Crippen molar-refractivity contribution in [3.63, 3.8) is 0 Å². The van der Waals surface area contributed by atoms with Gasteiger partial charge in [0.25, 0.3) is 0 Å². The van der Waals surface area contributed by atoms with Crippen LogP contribution in [0, 0.1) is 17.8 Å². The Bertz CT molecular complexity index is 979. The van der Waals surface area contributed by atoms with Crippen molar-refractivity contribution in [3.8, 4) is 0 Å². The average Bonchev–Trinajstić information content (AvgIpc) is 3.35. The number of hydrogen-bond acceptors (Lipinski definition) is 2. The molecular formula is C30H34N2. The van der Waals surface area contributed by atoms with Crippen LogP contribution in [-0.2, 0) is 0 Å². The first-order chi connectivity index (χ1) is 15.8. The minimum absolute atomic E-state index is 0.494. The zero-order valence-electron chi connectivity index (χ0n) is 19.0. The summed E-state index contributed by atoms with van der Waals surface area (Å²) in [5.41, 5.74) is 3.12. The fourth-order valence-electron chi connectivity index (χ4n) is 6.81. The van der Waals surface area contributed by atoms with Crippen molar-refractivity contribution >= 4 is 0 Å². The Kier molecular flexibility index (Phi) is 5.27. The maximum Gasteiger partial charge on any atom is 0.0580 e. The summed E-state index contributed by atoms with van der Waals surface area (Å²) >= 11 is 0. The Labute approximate surface area is 193 Å². The molecule has 1 fully saturated rings. The summed E-state index contributed by atoms with van der Waals surface area (Å²) in [5.74, 6) is 1.78. The first-order valence-electron chi connectivity index (χ1n) is 12.5. The van der Waals surface area contributed by atoms with Gasteiger partial charge < -0.3 is 4.90 Å². The fraction of sp³-hybridized carbons (Fsp3) is 0.400. The SMILES string of the molecule is CC(C/C=C\CN1C2=C(CCC=C2)C2C=CC=CC21)N1C2C=CC=CC2C2C=CC=CC21. The van der Waals surface area contributed by atoms with Gasteiger partial charge in [0.05, 0.1) is 6.04 Å². The van der Waals surface area contributed by atoms with Crippen LogP contribution >= 0.6 is 0 Å². The Hall–Kier alpha value is -2.58. The molecule has 0 aromatic carbocycles. The van der Waals surface area contributed by atoms with Crippen molar-refractivity contribution in [2.24, 2.45) is 17.8 Å². The van der Waals surface area contributed by atoms with E-state index in [1.165, 1.54) is 18.5 Å². The predicted molar refractivity (Wildman–Crippen MR) is 134 cm³/mol. The van der Waals surface area contributed by atoms with Crippen molar-refractivity contribution in [2.75, 3.05) is 6.54 Å². The fourth-order valence-corrected chi connectivity index (χ4v) is 6.81. The third-order valence-electron chi connectivity index (χ3n) is 8.24. The van der Waals surface area contributed by atoms with Crippen LogP contribution in [-0.4, -0.2) is 40.5 Å². The number of hydrogen-bond donors (Lipinski definition) is 0. The van der Waals surface area contributed by atoms with Crippen LogP contribution in [0.2, 0.25) is 0 Å². The molecule has 6 rings (SSSR count). The van der Waals surface area contributed by atoms with Crippen molar-refractivity contribution in [2.45, 2.75) is 50.4 Å². The maximum atomic E-state index is 2.75. The van der Waals surface area contributed by atoms with Crippen LogP contribution in [0.3, 0.4) is 0 Å². The molecule has 32 heavy (non-hydrogen) atoms. The summed E-state index contributed by atoms with van der Waals surface area (Å²) in [6.45, 7) is 3.41. The molecule has 2 heteroatoms. The molecule has 7 unspecified atom stereocenters. The van der Waals surface area contributed by atoms with Gasteiger partial charge in [-0.05, 0) is 37.8 Å². The average molecular weight is 423 g/mol. The first-order valence-corrected chi connectivity index (χ1v) is 12.5. The normalized spacial score (nSPS) is 37.3. The topological polar surface area (TPSA) is 6.48 Å². The summed E-state index contributed by atoms with van der Waals surface area (Å²) < 4.78 is 0.